The Hall–Kier alpha value is -0.540. The van der Waals surface area contributed by atoms with Crippen LogP contribution >= 0.6 is 15.9 Å². The summed E-state index contributed by atoms with van der Waals surface area (Å²) in [7, 11) is 1.69. The van der Waals surface area contributed by atoms with Gasteiger partial charge in [0.25, 0.3) is 0 Å². The van der Waals surface area contributed by atoms with Gasteiger partial charge in [-0.15, -0.1) is 0 Å². The van der Waals surface area contributed by atoms with E-state index >= 15 is 0 Å². The Labute approximate surface area is 112 Å². The Morgan fingerprint density at radius 3 is 2.65 bits per heavy atom. The van der Waals surface area contributed by atoms with Crippen LogP contribution in [0.3, 0.4) is 0 Å². The first-order valence-electron chi connectivity index (χ1n) is 6.11. The predicted molar refractivity (Wildman–Crippen MR) is 74.3 cm³/mol. The molecule has 0 aliphatic heterocycles. The Morgan fingerprint density at radius 2 is 2.18 bits per heavy atom. The molecule has 0 amide bonds. The van der Waals surface area contributed by atoms with Gasteiger partial charge in [-0.1, -0.05) is 13.0 Å². The molecule has 0 heterocycles. The van der Waals surface area contributed by atoms with E-state index in [0.29, 0.717) is 0 Å². The third kappa shape index (κ3) is 2.83. The molecule has 2 rings (SSSR count). The minimum absolute atomic E-state index is 0.258. The summed E-state index contributed by atoms with van der Waals surface area (Å²) in [5, 5.41) is 0. The Bertz CT molecular complexity index is 403. The van der Waals surface area contributed by atoms with Crippen molar-refractivity contribution < 1.29 is 4.74 Å². The number of nitrogens with two attached hydrogens (primary N) is 1. The average Bonchev–Trinajstić information content (AvgIpc) is 3.13. The minimum Gasteiger partial charge on any atom is -0.496 e. The molecule has 0 radical (unpaired) electrons. The molecular weight excluding hydrogens is 278 g/mol. The summed E-state index contributed by atoms with van der Waals surface area (Å²) in [6.07, 6.45) is 3.73. The van der Waals surface area contributed by atoms with Gasteiger partial charge in [0.15, 0.2) is 0 Å². The van der Waals surface area contributed by atoms with Crippen molar-refractivity contribution in [2.24, 2.45) is 17.1 Å². The molecule has 0 spiro atoms. The molecule has 1 unspecified atom stereocenters. The lowest BCUT2D eigenvalue weighted by atomic mass is 9.79. The molecule has 1 aliphatic carbocycles. The monoisotopic (exact) mass is 297 g/mol. The number of methoxy groups -OCH3 is 1. The quantitative estimate of drug-likeness (QED) is 0.904. The fraction of sp³-hybridized carbons (Fsp3) is 0.571. The summed E-state index contributed by atoms with van der Waals surface area (Å²) >= 11 is 3.53. The standard InChI is InChI=1S/C14H20BrNO/c1-14(9-16,11-4-5-11)8-10-3-6-13(17-2)12(15)7-10/h3,6-7,11H,4-5,8-9,16H2,1-2H3. The molecule has 2 N–H and O–H groups in total. The van der Waals surface area contributed by atoms with Crippen LogP contribution in [0.4, 0.5) is 0 Å². The molecule has 1 atom stereocenters. The van der Waals surface area contributed by atoms with Crippen LogP contribution in [0, 0.1) is 11.3 Å². The SMILES string of the molecule is COc1ccc(CC(C)(CN)C2CC2)cc1Br. The van der Waals surface area contributed by atoms with E-state index in [4.69, 9.17) is 10.5 Å². The van der Waals surface area contributed by atoms with Crippen molar-refractivity contribution in [3.63, 3.8) is 0 Å². The maximum Gasteiger partial charge on any atom is 0.133 e. The smallest absolute Gasteiger partial charge is 0.133 e. The van der Waals surface area contributed by atoms with Gasteiger partial charge in [0, 0.05) is 0 Å². The molecule has 1 saturated carbocycles. The molecule has 17 heavy (non-hydrogen) atoms. The first-order valence-corrected chi connectivity index (χ1v) is 6.91. The van der Waals surface area contributed by atoms with Crippen LogP contribution in [0.5, 0.6) is 5.75 Å². The number of halogens is 1. The van der Waals surface area contributed by atoms with Gasteiger partial charge in [-0.2, -0.15) is 0 Å². The van der Waals surface area contributed by atoms with E-state index < -0.39 is 0 Å². The van der Waals surface area contributed by atoms with Crippen molar-refractivity contribution in [1.82, 2.24) is 0 Å². The normalized spacial score (nSPS) is 18.8. The van der Waals surface area contributed by atoms with Crippen molar-refractivity contribution >= 4 is 15.9 Å². The van der Waals surface area contributed by atoms with Crippen LogP contribution in [-0.4, -0.2) is 13.7 Å². The summed E-state index contributed by atoms with van der Waals surface area (Å²) < 4.78 is 6.27. The fourth-order valence-corrected chi connectivity index (χ4v) is 3.04. The third-order valence-corrected chi connectivity index (χ3v) is 4.47. The molecule has 1 fully saturated rings. The highest BCUT2D eigenvalue weighted by atomic mass is 79.9. The second-order valence-electron chi connectivity index (χ2n) is 5.28. The number of hydrogen-bond acceptors (Lipinski definition) is 2. The van der Waals surface area contributed by atoms with E-state index in [1.165, 1.54) is 18.4 Å². The largest absolute Gasteiger partial charge is 0.496 e. The molecule has 0 aromatic heterocycles. The fourth-order valence-electron chi connectivity index (χ4n) is 2.45. The highest BCUT2D eigenvalue weighted by Gasteiger charge is 2.40. The third-order valence-electron chi connectivity index (χ3n) is 3.85. The number of rotatable bonds is 5. The summed E-state index contributed by atoms with van der Waals surface area (Å²) in [6, 6.07) is 6.30. The van der Waals surface area contributed by atoms with Gasteiger partial charge in [-0.3, -0.25) is 0 Å². The van der Waals surface area contributed by atoms with E-state index in [9.17, 15) is 0 Å². The van der Waals surface area contributed by atoms with Crippen molar-refractivity contribution in [2.45, 2.75) is 26.2 Å². The van der Waals surface area contributed by atoms with Crippen LogP contribution < -0.4 is 10.5 Å². The summed E-state index contributed by atoms with van der Waals surface area (Å²) in [4.78, 5) is 0. The molecule has 2 nitrogen and oxygen atoms in total. The van der Waals surface area contributed by atoms with Crippen LogP contribution in [0.25, 0.3) is 0 Å². The van der Waals surface area contributed by atoms with Gasteiger partial charge >= 0.3 is 0 Å². The van der Waals surface area contributed by atoms with Gasteiger partial charge in [0.2, 0.25) is 0 Å². The van der Waals surface area contributed by atoms with Gasteiger partial charge in [0.05, 0.1) is 11.6 Å². The molecule has 94 valence electrons. The van der Waals surface area contributed by atoms with E-state index in [2.05, 4.69) is 35.0 Å². The molecule has 3 heteroatoms. The number of ether oxygens (including phenoxy) is 1. The van der Waals surface area contributed by atoms with Crippen molar-refractivity contribution in [1.29, 1.82) is 0 Å². The minimum atomic E-state index is 0.258. The topological polar surface area (TPSA) is 35.2 Å². The highest BCUT2D eigenvalue weighted by Crippen LogP contribution is 2.47. The summed E-state index contributed by atoms with van der Waals surface area (Å²) in [5.41, 5.74) is 7.54. The highest BCUT2D eigenvalue weighted by molar-refractivity contribution is 9.10. The van der Waals surface area contributed by atoms with Crippen LogP contribution in [-0.2, 0) is 6.42 Å². The lowest BCUT2D eigenvalue weighted by molar-refractivity contribution is 0.281. The van der Waals surface area contributed by atoms with Gasteiger partial charge in [0.1, 0.15) is 5.75 Å². The first-order chi connectivity index (χ1) is 8.09. The molecule has 1 aliphatic rings. The van der Waals surface area contributed by atoms with Crippen molar-refractivity contribution in [3.8, 4) is 5.75 Å². The Morgan fingerprint density at radius 1 is 1.47 bits per heavy atom. The molecule has 1 aromatic rings. The van der Waals surface area contributed by atoms with Gasteiger partial charge in [-0.05, 0) is 70.8 Å². The second-order valence-corrected chi connectivity index (χ2v) is 6.13. The van der Waals surface area contributed by atoms with E-state index in [0.717, 1.165) is 29.1 Å². The van der Waals surface area contributed by atoms with Crippen LogP contribution in [0.2, 0.25) is 0 Å². The zero-order chi connectivity index (χ0) is 12.5. The Kier molecular flexibility index (Phi) is 3.79. The van der Waals surface area contributed by atoms with Crippen LogP contribution in [0.15, 0.2) is 22.7 Å². The zero-order valence-corrected chi connectivity index (χ0v) is 12.1. The van der Waals surface area contributed by atoms with Crippen LogP contribution in [0.1, 0.15) is 25.3 Å². The van der Waals surface area contributed by atoms with Crippen molar-refractivity contribution in [2.75, 3.05) is 13.7 Å². The van der Waals surface area contributed by atoms with Gasteiger partial charge in [-0.25, -0.2) is 0 Å². The summed E-state index contributed by atoms with van der Waals surface area (Å²) in [5.74, 6) is 1.70. The average molecular weight is 298 g/mol. The molecular formula is C14H20BrNO. The van der Waals surface area contributed by atoms with Crippen molar-refractivity contribution in [3.05, 3.63) is 28.2 Å². The first kappa shape index (κ1) is 12.9. The summed E-state index contributed by atoms with van der Waals surface area (Å²) in [6.45, 7) is 3.07. The molecule has 0 saturated heterocycles. The second kappa shape index (κ2) is 4.99. The maximum atomic E-state index is 5.95. The zero-order valence-electron chi connectivity index (χ0n) is 10.5. The van der Waals surface area contributed by atoms with Gasteiger partial charge < -0.3 is 10.5 Å². The number of hydrogen-bond donors (Lipinski definition) is 1. The van der Waals surface area contributed by atoms with E-state index in [1.807, 2.05) is 6.07 Å². The van der Waals surface area contributed by atoms with E-state index in [-0.39, 0.29) is 5.41 Å². The lowest BCUT2D eigenvalue weighted by Crippen LogP contribution is -2.31. The Balaban J connectivity index is 2.15. The predicted octanol–water partition coefficient (Wildman–Crippen LogP) is 3.38. The molecule has 0 bridgehead atoms. The number of benzene rings is 1. The maximum absolute atomic E-state index is 5.95. The molecule has 1 aromatic carbocycles. The van der Waals surface area contributed by atoms with E-state index in [1.54, 1.807) is 7.11 Å². The lowest BCUT2D eigenvalue weighted by Gasteiger charge is -2.28.